The van der Waals surface area contributed by atoms with E-state index in [1.54, 1.807) is 0 Å². The lowest BCUT2D eigenvalue weighted by Crippen LogP contribution is -2.19. The van der Waals surface area contributed by atoms with Crippen molar-refractivity contribution in [3.8, 4) is 16.9 Å². The Balaban J connectivity index is 1.56. The van der Waals surface area contributed by atoms with Crippen LogP contribution in [0.5, 0.6) is 0 Å². The van der Waals surface area contributed by atoms with Crippen LogP contribution in [0.4, 0.5) is 5.13 Å². The molecule has 0 radical (unpaired) electrons. The normalized spacial score (nSPS) is 11.0. The largest absolute Gasteiger partial charge is 0.318 e. The maximum atomic E-state index is 12.1. The third-order valence-electron chi connectivity index (χ3n) is 4.45. The molecule has 4 aromatic rings. The van der Waals surface area contributed by atoms with Gasteiger partial charge in [-0.2, -0.15) is 0 Å². The summed E-state index contributed by atoms with van der Waals surface area (Å²) in [6.07, 6.45) is 1.40. The van der Waals surface area contributed by atoms with Gasteiger partial charge in [0.15, 0.2) is 5.13 Å². The van der Waals surface area contributed by atoms with Gasteiger partial charge < -0.3 is 9.88 Å². The molecule has 0 bridgehead atoms. The van der Waals surface area contributed by atoms with Crippen LogP contribution in [-0.4, -0.2) is 35.7 Å². The van der Waals surface area contributed by atoms with Gasteiger partial charge in [-0.15, -0.1) is 16.4 Å². The van der Waals surface area contributed by atoms with Crippen molar-refractivity contribution in [3.05, 3.63) is 59.0 Å². The highest BCUT2D eigenvalue weighted by Gasteiger charge is 2.16. The second kappa shape index (κ2) is 7.35. The molecule has 0 fully saturated rings. The van der Waals surface area contributed by atoms with Crippen LogP contribution in [0.1, 0.15) is 17.0 Å². The van der Waals surface area contributed by atoms with Crippen LogP contribution in [0.25, 0.3) is 16.9 Å². The summed E-state index contributed by atoms with van der Waals surface area (Å²) >= 11 is 1.39. The topological polar surface area (TPSA) is 90.5 Å². The van der Waals surface area contributed by atoms with Gasteiger partial charge in [-0.3, -0.25) is 4.79 Å². The number of carbonyl (C=O) groups excluding carboxylic acids is 1. The monoisotopic (exact) mass is 393 g/mol. The zero-order chi connectivity index (χ0) is 19.7. The van der Waals surface area contributed by atoms with Crippen molar-refractivity contribution in [2.45, 2.75) is 27.3 Å². The van der Waals surface area contributed by atoms with Crippen molar-refractivity contribution in [1.29, 1.82) is 0 Å². The van der Waals surface area contributed by atoms with Gasteiger partial charge in [0.05, 0.1) is 5.69 Å². The molecule has 1 aromatic carbocycles. The van der Waals surface area contributed by atoms with Crippen molar-refractivity contribution >= 4 is 22.4 Å². The molecule has 0 spiro atoms. The number of anilines is 1. The summed E-state index contributed by atoms with van der Waals surface area (Å²) in [4.78, 5) is 16.7. The Bertz CT molecular complexity index is 1110. The summed E-state index contributed by atoms with van der Waals surface area (Å²) in [5, 5.41) is 16.0. The van der Waals surface area contributed by atoms with Gasteiger partial charge in [-0.25, -0.2) is 9.67 Å². The Morgan fingerprint density at radius 2 is 1.96 bits per heavy atom. The van der Waals surface area contributed by atoms with E-state index in [-0.39, 0.29) is 12.5 Å². The van der Waals surface area contributed by atoms with E-state index in [1.807, 2.05) is 5.38 Å². The van der Waals surface area contributed by atoms with E-state index in [9.17, 15) is 4.79 Å². The van der Waals surface area contributed by atoms with Gasteiger partial charge in [0, 0.05) is 28.0 Å². The van der Waals surface area contributed by atoms with Crippen molar-refractivity contribution in [2.24, 2.45) is 0 Å². The number of hydrogen-bond acceptors (Lipinski definition) is 6. The van der Waals surface area contributed by atoms with E-state index in [0.29, 0.717) is 5.13 Å². The van der Waals surface area contributed by atoms with Gasteiger partial charge in [0.25, 0.3) is 0 Å². The standard InChI is InChI=1S/C19H19N7OS/c1-12-4-6-15(7-5-12)26-13(2)8-16(14(26)3)17-10-28-19(21-17)22-18(27)9-25-11-20-23-24-25/h4-8,10-11H,9H2,1-3H3,(H,21,22,27). The molecule has 0 unspecified atom stereocenters. The zero-order valence-electron chi connectivity index (χ0n) is 15.7. The van der Waals surface area contributed by atoms with E-state index in [4.69, 9.17) is 0 Å². The van der Waals surface area contributed by atoms with E-state index in [0.717, 1.165) is 28.3 Å². The van der Waals surface area contributed by atoms with Crippen molar-refractivity contribution in [1.82, 2.24) is 29.8 Å². The lowest BCUT2D eigenvalue weighted by atomic mass is 10.2. The Kier molecular flexibility index (Phi) is 4.74. The average Bonchev–Trinajstić information content (AvgIpc) is 3.38. The summed E-state index contributed by atoms with van der Waals surface area (Å²) in [6, 6.07) is 10.6. The molecule has 0 saturated heterocycles. The number of aromatic nitrogens is 6. The molecule has 28 heavy (non-hydrogen) atoms. The average molecular weight is 393 g/mol. The van der Waals surface area contributed by atoms with E-state index in [1.165, 1.54) is 27.9 Å². The molecule has 3 heterocycles. The minimum atomic E-state index is -0.224. The number of tetrazole rings is 1. The summed E-state index contributed by atoms with van der Waals surface area (Å²) in [7, 11) is 0. The fraction of sp³-hybridized carbons (Fsp3) is 0.211. The molecule has 8 nitrogen and oxygen atoms in total. The highest BCUT2D eigenvalue weighted by Crippen LogP contribution is 2.31. The number of carbonyl (C=O) groups is 1. The number of rotatable bonds is 5. The Morgan fingerprint density at radius 1 is 1.18 bits per heavy atom. The number of nitrogens with zero attached hydrogens (tertiary/aromatic N) is 6. The molecule has 3 aromatic heterocycles. The predicted octanol–water partition coefficient (Wildman–Crippen LogP) is 3.15. The minimum absolute atomic E-state index is 0.0455. The molecule has 0 aliphatic rings. The summed E-state index contributed by atoms with van der Waals surface area (Å²) in [5.74, 6) is -0.224. The highest BCUT2D eigenvalue weighted by atomic mass is 32.1. The number of thiazole rings is 1. The van der Waals surface area contributed by atoms with Gasteiger partial charge in [0.1, 0.15) is 12.9 Å². The van der Waals surface area contributed by atoms with Crippen LogP contribution in [-0.2, 0) is 11.3 Å². The molecule has 0 atom stereocenters. The summed E-state index contributed by atoms with van der Waals surface area (Å²) in [6.45, 7) is 6.29. The summed E-state index contributed by atoms with van der Waals surface area (Å²) in [5.41, 5.74) is 6.49. The predicted molar refractivity (Wildman–Crippen MR) is 108 cm³/mol. The lowest BCUT2D eigenvalue weighted by Gasteiger charge is -2.10. The number of amides is 1. The highest BCUT2D eigenvalue weighted by molar-refractivity contribution is 7.14. The molecule has 9 heteroatoms. The number of nitrogens with one attached hydrogen (secondary N) is 1. The molecule has 1 N–H and O–H groups in total. The van der Waals surface area contributed by atoms with Crippen LogP contribution in [0.3, 0.4) is 0 Å². The smallest absolute Gasteiger partial charge is 0.248 e. The maximum absolute atomic E-state index is 12.1. The maximum Gasteiger partial charge on any atom is 0.248 e. The SMILES string of the molecule is Cc1ccc(-n2c(C)cc(-c3csc(NC(=O)Cn4cnnn4)n3)c2C)cc1. The quantitative estimate of drug-likeness (QED) is 0.562. The number of benzene rings is 1. The molecule has 0 aliphatic carbocycles. The second-order valence-electron chi connectivity index (χ2n) is 6.55. The van der Waals surface area contributed by atoms with Crippen LogP contribution in [0.15, 0.2) is 42.0 Å². The molecular weight excluding hydrogens is 374 g/mol. The molecule has 0 aliphatic heterocycles. The molecule has 0 saturated carbocycles. The second-order valence-corrected chi connectivity index (χ2v) is 7.41. The fourth-order valence-corrected chi connectivity index (χ4v) is 3.85. The van der Waals surface area contributed by atoms with Crippen molar-refractivity contribution < 1.29 is 4.79 Å². The summed E-state index contributed by atoms with van der Waals surface area (Å²) < 4.78 is 3.57. The van der Waals surface area contributed by atoms with Crippen molar-refractivity contribution in [3.63, 3.8) is 0 Å². The Hall–Kier alpha value is -3.33. The van der Waals surface area contributed by atoms with Gasteiger partial charge >= 0.3 is 0 Å². The van der Waals surface area contributed by atoms with Gasteiger partial charge in [-0.1, -0.05) is 17.7 Å². The van der Waals surface area contributed by atoms with E-state index in [2.05, 4.69) is 81.5 Å². The molecule has 142 valence electrons. The third kappa shape index (κ3) is 3.56. The Morgan fingerprint density at radius 3 is 2.68 bits per heavy atom. The first-order valence-corrected chi connectivity index (χ1v) is 9.62. The lowest BCUT2D eigenvalue weighted by molar-refractivity contribution is -0.116. The number of hydrogen-bond donors (Lipinski definition) is 1. The van der Waals surface area contributed by atoms with Gasteiger partial charge in [-0.05, 0) is 49.4 Å². The fourth-order valence-electron chi connectivity index (χ4n) is 3.13. The molecule has 1 amide bonds. The van der Waals surface area contributed by atoms with Crippen LogP contribution in [0.2, 0.25) is 0 Å². The molecule has 4 rings (SSSR count). The number of aryl methyl sites for hydroxylation is 2. The third-order valence-corrected chi connectivity index (χ3v) is 5.20. The first kappa shape index (κ1) is 18.1. The van der Waals surface area contributed by atoms with Crippen molar-refractivity contribution in [2.75, 3.05) is 5.32 Å². The van der Waals surface area contributed by atoms with Crippen LogP contribution < -0.4 is 5.32 Å². The first-order chi connectivity index (χ1) is 13.5. The van der Waals surface area contributed by atoms with Gasteiger partial charge in [0.2, 0.25) is 5.91 Å². The zero-order valence-corrected chi connectivity index (χ0v) is 16.6. The van der Waals surface area contributed by atoms with Crippen LogP contribution in [0, 0.1) is 20.8 Å². The molecular formula is C19H19N7OS. The first-order valence-electron chi connectivity index (χ1n) is 8.74. The van der Waals surface area contributed by atoms with E-state index >= 15 is 0 Å². The van der Waals surface area contributed by atoms with Crippen LogP contribution >= 0.6 is 11.3 Å². The Labute approximate surface area is 165 Å². The van der Waals surface area contributed by atoms with E-state index < -0.39 is 0 Å². The minimum Gasteiger partial charge on any atom is -0.318 e.